The van der Waals surface area contributed by atoms with Gasteiger partial charge in [0, 0.05) is 6.54 Å². The van der Waals surface area contributed by atoms with Gasteiger partial charge in [0.25, 0.3) is 5.91 Å². The summed E-state index contributed by atoms with van der Waals surface area (Å²) in [5.74, 6) is 6.51. The van der Waals surface area contributed by atoms with Crippen LogP contribution in [0, 0.1) is 11.8 Å². The van der Waals surface area contributed by atoms with Crippen LogP contribution in [0.4, 0.5) is 0 Å². The van der Waals surface area contributed by atoms with Crippen molar-refractivity contribution in [2.24, 2.45) is 0 Å². The molecule has 23 heavy (non-hydrogen) atoms. The SMILES string of the molecule is CC(C)(C)[Si](C)(C)O[C@H]1CCN(CC#CCN2CCCC2)C1=O. The molecule has 0 radical (unpaired) electrons. The van der Waals surface area contributed by atoms with E-state index in [0.29, 0.717) is 6.54 Å². The number of hydrogen-bond donors (Lipinski definition) is 0. The van der Waals surface area contributed by atoms with Crippen LogP contribution in [0.25, 0.3) is 0 Å². The number of nitrogens with zero attached hydrogens (tertiary/aromatic N) is 2. The first kappa shape index (κ1) is 18.5. The Bertz CT molecular complexity index is 481. The van der Waals surface area contributed by atoms with Gasteiger partial charge in [-0.3, -0.25) is 9.69 Å². The lowest BCUT2D eigenvalue weighted by molar-refractivity contribution is -0.133. The zero-order valence-corrected chi connectivity index (χ0v) is 16.4. The molecule has 0 aromatic rings. The lowest BCUT2D eigenvalue weighted by Gasteiger charge is -2.37. The Morgan fingerprint density at radius 2 is 1.74 bits per heavy atom. The number of rotatable bonds is 4. The summed E-state index contributed by atoms with van der Waals surface area (Å²) in [5.41, 5.74) is 0. The third kappa shape index (κ3) is 4.82. The summed E-state index contributed by atoms with van der Waals surface area (Å²) in [6.45, 7) is 15.5. The molecule has 2 aliphatic heterocycles. The Balaban J connectivity index is 1.81. The van der Waals surface area contributed by atoms with Crippen molar-refractivity contribution in [3.63, 3.8) is 0 Å². The molecule has 0 aromatic carbocycles. The molecule has 2 rings (SSSR count). The first-order valence-electron chi connectivity index (χ1n) is 8.85. The summed E-state index contributed by atoms with van der Waals surface area (Å²) in [7, 11) is -1.89. The monoisotopic (exact) mass is 336 g/mol. The number of carbonyl (C=O) groups is 1. The van der Waals surface area contributed by atoms with Crippen molar-refractivity contribution in [3.05, 3.63) is 0 Å². The zero-order chi connectivity index (χ0) is 17.1. The average Bonchev–Trinajstić information content (AvgIpc) is 3.06. The summed E-state index contributed by atoms with van der Waals surface area (Å²) in [5, 5.41) is 0.135. The third-order valence-electron chi connectivity index (χ3n) is 5.39. The molecule has 0 bridgehead atoms. The molecule has 1 atom stereocenters. The molecule has 130 valence electrons. The predicted octanol–water partition coefficient (Wildman–Crippen LogP) is 2.71. The Hall–Kier alpha value is -0.833. The summed E-state index contributed by atoms with van der Waals surface area (Å²) >= 11 is 0. The first-order valence-corrected chi connectivity index (χ1v) is 11.8. The van der Waals surface area contributed by atoms with Crippen molar-refractivity contribution in [1.29, 1.82) is 0 Å². The normalized spacial score (nSPS) is 23.3. The molecule has 0 unspecified atom stereocenters. The summed E-state index contributed by atoms with van der Waals surface area (Å²) in [4.78, 5) is 16.7. The van der Waals surface area contributed by atoms with Crippen molar-refractivity contribution >= 4 is 14.2 Å². The van der Waals surface area contributed by atoms with E-state index in [4.69, 9.17) is 4.43 Å². The smallest absolute Gasteiger partial charge is 0.251 e. The molecule has 0 saturated carbocycles. The average molecular weight is 337 g/mol. The predicted molar refractivity (Wildman–Crippen MR) is 96.7 cm³/mol. The van der Waals surface area contributed by atoms with E-state index in [1.54, 1.807) is 0 Å². The van der Waals surface area contributed by atoms with Gasteiger partial charge >= 0.3 is 0 Å². The molecule has 0 N–H and O–H groups in total. The highest BCUT2D eigenvalue weighted by Crippen LogP contribution is 2.38. The third-order valence-corrected chi connectivity index (χ3v) is 9.87. The molecule has 0 aliphatic carbocycles. The molecule has 0 spiro atoms. The number of carbonyl (C=O) groups excluding carboxylic acids is 1. The fourth-order valence-corrected chi connectivity index (χ4v) is 4.05. The Morgan fingerprint density at radius 1 is 1.13 bits per heavy atom. The molecule has 2 fully saturated rings. The van der Waals surface area contributed by atoms with Gasteiger partial charge in [0.1, 0.15) is 6.10 Å². The van der Waals surface area contributed by atoms with Crippen LogP contribution in [0.2, 0.25) is 18.1 Å². The highest BCUT2D eigenvalue weighted by Gasteiger charge is 2.43. The molecule has 5 heteroatoms. The second kappa shape index (κ2) is 7.37. The van der Waals surface area contributed by atoms with Crippen LogP contribution in [0.5, 0.6) is 0 Å². The van der Waals surface area contributed by atoms with Crippen molar-refractivity contribution in [1.82, 2.24) is 9.80 Å². The zero-order valence-electron chi connectivity index (χ0n) is 15.4. The van der Waals surface area contributed by atoms with Crippen molar-refractivity contribution in [2.75, 3.05) is 32.7 Å². The van der Waals surface area contributed by atoms with E-state index in [1.807, 2.05) is 4.90 Å². The summed E-state index contributed by atoms with van der Waals surface area (Å²) in [6.07, 6.45) is 3.13. The van der Waals surface area contributed by atoms with Crippen LogP contribution in [0.3, 0.4) is 0 Å². The molecular formula is C18H32N2O2Si. The van der Waals surface area contributed by atoms with E-state index < -0.39 is 8.32 Å². The second-order valence-corrected chi connectivity index (χ2v) is 13.0. The Labute approximate surface area is 142 Å². The van der Waals surface area contributed by atoms with Gasteiger partial charge in [0.05, 0.1) is 13.1 Å². The quantitative estimate of drug-likeness (QED) is 0.584. The first-order chi connectivity index (χ1) is 10.7. The topological polar surface area (TPSA) is 32.8 Å². The number of likely N-dealkylation sites (tertiary alicyclic amines) is 2. The minimum atomic E-state index is -1.89. The van der Waals surface area contributed by atoms with Crippen LogP contribution in [-0.4, -0.2) is 62.9 Å². The molecule has 2 heterocycles. The van der Waals surface area contributed by atoms with Gasteiger partial charge in [0.2, 0.25) is 0 Å². The molecule has 4 nitrogen and oxygen atoms in total. The maximum absolute atomic E-state index is 12.5. The molecule has 0 aromatic heterocycles. The van der Waals surface area contributed by atoms with Gasteiger partial charge in [-0.25, -0.2) is 0 Å². The van der Waals surface area contributed by atoms with E-state index >= 15 is 0 Å². The fourth-order valence-electron chi connectivity index (χ4n) is 2.77. The molecule has 2 saturated heterocycles. The van der Waals surface area contributed by atoms with Crippen molar-refractivity contribution < 1.29 is 9.22 Å². The van der Waals surface area contributed by atoms with Gasteiger partial charge in [-0.15, -0.1) is 0 Å². The summed E-state index contributed by atoms with van der Waals surface area (Å²) in [6, 6.07) is 0. The van der Waals surface area contributed by atoms with E-state index in [2.05, 4.69) is 50.6 Å². The maximum atomic E-state index is 12.5. The number of hydrogen-bond acceptors (Lipinski definition) is 3. The van der Waals surface area contributed by atoms with E-state index in [-0.39, 0.29) is 17.0 Å². The van der Waals surface area contributed by atoms with E-state index in [0.717, 1.165) is 19.5 Å². The van der Waals surface area contributed by atoms with Gasteiger partial charge in [-0.2, -0.15) is 0 Å². The maximum Gasteiger partial charge on any atom is 0.251 e. The van der Waals surface area contributed by atoms with Gasteiger partial charge in [-0.05, 0) is 50.5 Å². The lowest BCUT2D eigenvalue weighted by atomic mass is 10.2. The van der Waals surface area contributed by atoms with E-state index in [1.165, 1.54) is 25.9 Å². The number of amides is 1. The van der Waals surface area contributed by atoms with Crippen LogP contribution < -0.4 is 0 Å². The van der Waals surface area contributed by atoms with Crippen LogP contribution >= 0.6 is 0 Å². The Kier molecular flexibility index (Phi) is 5.93. The fraction of sp³-hybridized carbons (Fsp3) is 0.833. The largest absolute Gasteiger partial charge is 0.405 e. The van der Waals surface area contributed by atoms with E-state index in [9.17, 15) is 4.79 Å². The lowest BCUT2D eigenvalue weighted by Crippen LogP contribution is -2.46. The van der Waals surface area contributed by atoms with Crippen LogP contribution in [0.15, 0.2) is 0 Å². The minimum absolute atomic E-state index is 0.130. The van der Waals surface area contributed by atoms with Crippen molar-refractivity contribution in [2.45, 2.75) is 64.3 Å². The van der Waals surface area contributed by atoms with Crippen LogP contribution in [-0.2, 0) is 9.22 Å². The second-order valence-electron chi connectivity index (χ2n) is 8.25. The molecule has 2 aliphatic rings. The van der Waals surface area contributed by atoms with Crippen LogP contribution in [0.1, 0.15) is 40.0 Å². The molecular weight excluding hydrogens is 304 g/mol. The van der Waals surface area contributed by atoms with Crippen molar-refractivity contribution in [3.8, 4) is 11.8 Å². The highest BCUT2D eigenvalue weighted by atomic mass is 28.4. The standard InChI is InChI=1S/C18H32N2O2Si/c1-18(2,3)23(4,5)22-16-10-15-20(17(16)21)14-9-8-13-19-11-6-7-12-19/h16H,6-7,10-15H2,1-5H3/t16-/m0/s1. The van der Waals surface area contributed by atoms with Gasteiger partial charge in [-0.1, -0.05) is 32.6 Å². The van der Waals surface area contributed by atoms with Gasteiger partial charge < -0.3 is 9.33 Å². The minimum Gasteiger partial charge on any atom is -0.405 e. The summed E-state index contributed by atoms with van der Waals surface area (Å²) < 4.78 is 6.28. The van der Waals surface area contributed by atoms with Gasteiger partial charge in [0.15, 0.2) is 8.32 Å². The Morgan fingerprint density at radius 3 is 2.35 bits per heavy atom. The highest BCUT2D eigenvalue weighted by molar-refractivity contribution is 6.74. The molecule has 1 amide bonds.